The summed E-state index contributed by atoms with van der Waals surface area (Å²) in [6.07, 6.45) is -0.442. The summed E-state index contributed by atoms with van der Waals surface area (Å²) in [5.41, 5.74) is 1.40. The van der Waals surface area contributed by atoms with Gasteiger partial charge in [-0.3, -0.25) is 4.79 Å². The van der Waals surface area contributed by atoms with E-state index in [1.807, 2.05) is 44.2 Å². The van der Waals surface area contributed by atoms with E-state index >= 15 is 0 Å². The Morgan fingerprint density at radius 3 is 2.65 bits per heavy atom. The van der Waals surface area contributed by atoms with Crippen molar-refractivity contribution in [3.05, 3.63) is 35.9 Å². The highest BCUT2D eigenvalue weighted by Gasteiger charge is 2.43. The summed E-state index contributed by atoms with van der Waals surface area (Å²) in [6.45, 7) is 3.92. The quantitative estimate of drug-likeness (QED) is 0.871. The highest BCUT2D eigenvalue weighted by molar-refractivity contribution is 6.05. The van der Waals surface area contributed by atoms with E-state index in [9.17, 15) is 4.79 Å². The van der Waals surface area contributed by atoms with Crippen molar-refractivity contribution in [2.75, 3.05) is 0 Å². The van der Waals surface area contributed by atoms with Gasteiger partial charge in [-0.15, -0.1) is 0 Å². The SMILES string of the molecule is CC1(C)C(c2ccccc2)=NOC1CC(=O)O. The number of oxime groups is 1. The molecule has 0 radical (unpaired) electrons. The lowest BCUT2D eigenvalue weighted by Gasteiger charge is -2.24. The summed E-state index contributed by atoms with van der Waals surface area (Å²) in [6, 6.07) is 9.69. The first-order valence-corrected chi connectivity index (χ1v) is 5.53. The molecule has 0 aromatic heterocycles. The largest absolute Gasteiger partial charge is 0.481 e. The van der Waals surface area contributed by atoms with Crippen LogP contribution in [-0.2, 0) is 9.63 Å². The van der Waals surface area contributed by atoms with Crippen LogP contribution in [0.3, 0.4) is 0 Å². The number of carboxylic acid groups (broad SMARTS) is 1. The predicted molar refractivity (Wildman–Crippen MR) is 63.9 cm³/mol. The van der Waals surface area contributed by atoms with E-state index < -0.39 is 12.1 Å². The van der Waals surface area contributed by atoms with Crippen LogP contribution < -0.4 is 0 Å². The van der Waals surface area contributed by atoms with Gasteiger partial charge >= 0.3 is 5.97 Å². The van der Waals surface area contributed by atoms with Crippen molar-refractivity contribution < 1.29 is 14.7 Å². The Kier molecular flexibility index (Phi) is 2.88. The maximum Gasteiger partial charge on any atom is 0.307 e. The molecule has 0 aliphatic carbocycles. The fourth-order valence-electron chi connectivity index (χ4n) is 1.99. The van der Waals surface area contributed by atoms with Crippen molar-refractivity contribution in [2.45, 2.75) is 26.4 Å². The molecule has 0 saturated heterocycles. The standard InChI is InChI=1S/C13H15NO3/c1-13(2)10(8-11(15)16)17-14-12(13)9-6-4-3-5-7-9/h3-7,10H,8H2,1-2H3,(H,15,16). The van der Waals surface area contributed by atoms with Gasteiger partial charge in [0, 0.05) is 0 Å². The molecule has 1 unspecified atom stereocenters. The third-order valence-corrected chi connectivity index (χ3v) is 3.09. The molecule has 1 atom stereocenters. The van der Waals surface area contributed by atoms with E-state index in [0.717, 1.165) is 11.3 Å². The average Bonchev–Trinajstić information content (AvgIpc) is 2.55. The maximum absolute atomic E-state index is 10.8. The van der Waals surface area contributed by atoms with Crippen molar-refractivity contribution in [3.8, 4) is 0 Å². The summed E-state index contributed by atoms with van der Waals surface area (Å²) in [5.74, 6) is -0.868. The lowest BCUT2D eigenvalue weighted by molar-refractivity contribution is -0.141. The van der Waals surface area contributed by atoms with Crippen molar-refractivity contribution in [1.29, 1.82) is 0 Å². The first-order valence-electron chi connectivity index (χ1n) is 5.53. The number of hydrogen-bond donors (Lipinski definition) is 1. The van der Waals surface area contributed by atoms with E-state index in [-0.39, 0.29) is 11.8 Å². The Bertz CT molecular complexity index is 451. The zero-order chi connectivity index (χ0) is 12.5. The molecule has 17 heavy (non-hydrogen) atoms. The van der Waals surface area contributed by atoms with Crippen LogP contribution >= 0.6 is 0 Å². The molecule has 4 heteroatoms. The van der Waals surface area contributed by atoms with Gasteiger partial charge in [-0.1, -0.05) is 49.3 Å². The van der Waals surface area contributed by atoms with E-state index in [2.05, 4.69) is 5.16 Å². The summed E-state index contributed by atoms with van der Waals surface area (Å²) in [7, 11) is 0. The number of hydrogen-bond acceptors (Lipinski definition) is 3. The first kappa shape index (κ1) is 11.6. The van der Waals surface area contributed by atoms with Crippen LogP contribution in [0.1, 0.15) is 25.8 Å². The Labute approximate surface area is 99.9 Å². The normalized spacial score (nSPS) is 21.8. The molecular formula is C13H15NO3. The topological polar surface area (TPSA) is 58.9 Å². The van der Waals surface area contributed by atoms with Gasteiger partial charge in [0.15, 0.2) is 0 Å². The fraction of sp³-hybridized carbons (Fsp3) is 0.385. The molecule has 4 nitrogen and oxygen atoms in total. The molecule has 1 aliphatic heterocycles. The summed E-state index contributed by atoms with van der Waals surface area (Å²) < 4.78 is 0. The second kappa shape index (κ2) is 4.20. The predicted octanol–water partition coefficient (Wildman–Crippen LogP) is 2.29. The molecule has 0 saturated carbocycles. The van der Waals surface area contributed by atoms with E-state index in [1.165, 1.54) is 0 Å². The molecule has 2 rings (SSSR count). The second-order valence-electron chi connectivity index (χ2n) is 4.72. The van der Waals surface area contributed by atoms with Gasteiger partial charge in [-0.05, 0) is 5.56 Å². The Morgan fingerprint density at radius 2 is 2.06 bits per heavy atom. The Hall–Kier alpha value is -1.84. The zero-order valence-electron chi connectivity index (χ0n) is 9.88. The lowest BCUT2D eigenvalue weighted by Crippen LogP contribution is -2.34. The number of benzene rings is 1. The van der Waals surface area contributed by atoms with E-state index in [1.54, 1.807) is 0 Å². The number of aliphatic carboxylic acids is 1. The number of nitrogens with zero attached hydrogens (tertiary/aromatic N) is 1. The van der Waals surface area contributed by atoms with Crippen LogP contribution in [0, 0.1) is 5.41 Å². The molecular weight excluding hydrogens is 218 g/mol. The van der Waals surface area contributed by atoms with Crippen LogP contribution in [0.2, 0.25) is 0 Å². The van der Waals surface area contributed by atoms with Crippen molar-refractivity contribution in [1.82, 2.24) is 0 Å². The molecule has 1 heterocycles. The summed E-state index contributed by atoms with van der Waals surface area (Å²) in [5, 5.41) is 12.9. The average molecular weight is 233 g/mol. The van der Waals surface area contributed by atoms with Crippen molar-refractivity contribution >= 4 is 11.7 Å². The lowest BCUT2D eigenvalue weighted by atomic mass is 9.78. The van der Waals surface area contributed by atoms with Gasteiger partial charge < -0.3 is 9.94 Å². The van der Waals surface area contributed by atoms with Crippen molar-refractivity contribution in [3.63, 3.8) is 0 Å². The molecule has 1 aromatic rings. The van der Waals surface area contributed by atoms with Crippen LogP contribution in [0.4, 0.5) is 0 Å². The first-order chi connectivity index (χ1) is 8.01. The van der Waals surface area contributed by atoms with Gasteiger partial charge in [-0.2, -0.15) is 0 Å². The second-order valence-corrected chi connectivity index (χ2v) is 4.72. The Morgan fingerprint density at radius 1 is 1.41 bits per heavy atom. The minimum absolute atomic E-state index is 0.0349. The number of carboxylic acids is 1. The molecule has 1 aliphatic rings. The number of carbonyl (C=O) groups is 1. The third-order valence-electron chi connectivity index (χ3n) is 3.09. The smallest absolute Gasteiger partial charge is 0.307 e. The summed E-state index contributed by atoms with van der Waals surface area (Å²) in [4.78, 5) is 16.0. The highest BCUT2D eigenvalue weighted by atomic mass is 16.6. The van der Waals surface area contributed by atoms with Crippen LogP contribution in [0.25, 0.3) is 0 Å². The minimum Gasteiger partial charge on any atom is -0.481 e. The van der Waals surface area contributed by atoms with Crippen LogP contribution in [0.5, 0.6) is 0 Å². The number of rotatable bonds is 3. The van der Waals surface area contributed by atoms with Crippen LogP contribution in [0.15, 0.2) is 35.5 Å². The monoisotopic (exact) mass is 233 g/mol. The van der Waals surface area contributed by atoms with Gasteiger partial charge in [0.1, 0.15) is 6.10 Å². The molecule has 0 spiro atoms. The van der Waals surface area contributed by atoms with Gasteiger partial charge in [0.25, 0.3) is 0 Å². The maximum atomic E-state index is 10.8. The molecule has 1 N–H and O–H groups in total. The van der Waals surface area contributed by atoms with E-state index in [4.69, 9.17) is 9.94 Å². The van der Waals surface area contributed by atoms with Gasteiger partial charge in [-0.25, -0.2) is 0 Å². The molecule has 1 aromatic carbocycles. The molecule has 90 valence electrons. The highest BCUT2D eigenvalue weighted by Crippen LogP contribution is 2.36. The minimum atomic E-state index is -0.868. The fourth-order valence-corrected chi connectivity index (χ4v) is 1.99. The Balaban J connectivity index is 2.25. The van der Waals surface area contributed by atoms with Crippen molar-refractivity contribution in [2.24, 2.45) is 10.6 Å². The molecule has 0 bridgehead atoms. The summed E-state index contributed by atoms with van der Waals surface area (Å²) >= 11 is 0. The third kappa shape index (κ3) is 2.16. The van der Waals surface area contributed by atoms with E-state index in [0.29, 0.717) is 0 Å². The molecule has 0 amide bonds. The van der Waals surface area contributed by atoms with Gasteiger partial charge in [0.2, 0.25) is 0 Å². The van der Waals surface area contributed by atoms with Gasteiger partial charge in [0.05, 0.1) is 17.5 Å². The van der Waals surface area contributed by atoms with Crippen LogP contribution in [-0.4, -0.2) is 22.9 Å². The molecule has 0 fully saturated rings. The zero-order valence-corrected chi connectivity index (χ0v) is 9.88.